The molecule has 1 aromatic heterocycles. The number of nitrogens with one attached hydrogen (secondary N) is 1. The first-order valence-corrected chi connectivity index (χ1v) is 7.11. The second-order valence-electron chi connectivity index (χ2n) is 4.58. The summed E-state index contributed by atoms with van der Waals surface area (Å²) >= 11 is 5.97. The smallest absolute Gasteiger partial charge is 0.226 e. The van der Waals surface area contributed by atoms with Gasteiger partial charge in [0, 0.05) is 19.2 Å². The van der Waals surface area contributed by atoms with Crippen LogP contribution in [0.15, 0.2) is 30.5 Å². The predicted molar refractivity (Wildman–Crippen MR) is 80.1 cm³/mol. The number of hydrogen-bond acceptors (Lipinski definition) is 4. The number of nitrogens with zero attached hydrogens (tertiary/aromatic N) is 3. The summed E-state index contributed by atoms with van der Waals surface area (Å²) in [5.41, 5.74) is 1.42. The fourth-order valence-corrected chi connectivity index (χ4v) is 2.00. The van der Waals surface area contributed by atoms with Gasteiger partial charge in [-0.3, -0.25) is 9.48 Å². The van der Waals surface area contributed by atoms with Gasteiger partial charge in [-0.2, -0.15) is 0 Å². The molecule has 0 saturated carbocycles. The minimum Gasteiger partial charge on any atom is -0.396 e. The molecule has 1 heterocycles. The third-order valence-electron chi connectivity index (χ3n) is 2.89. The van der Waals surface area contributed by atoms with Gasteiger partial charge in [0.05, 0.1) is 22.9 Å². The highest BCUT2D eigenvalue weighted by molar-refractivity contribution is 6.33. The van der Waals surface area contributed by atoms with Gasteiger partial charge in [-0.1, -0.05) is 28.9 Å². The summed E-state index contributed by atoms with van der Waals surface area (Å²) in [6, 6.07) is 7.10. The van der Waals surface area contributed by atoms with E-state index in [9.17, 15) is 4.79 Å². The quantitative estimate of drug-likeness (QED) is 0.818. The molecule has 0 unspecified atom stereocenters. The number of carbonyl (C=O) groups is 1. The van der Waals surface area contributed by atoms with E-state index in [1.165, 1.54) is 0 Å². The van der Waals surface area contributed by atoms with Crippen molar-refractivity contribution in [2.75, 3.05) is 11.9 Å². The number of aliphatic hydroxyl groups excluding tert-OH is 1. The molecule has 0 bridgehead atoms. The fraction of sp³-hybridized carbons (Fsp3) is 0.357. The number of carbonyl (C=O) groups excluding carboxylic acids is 1. The van der Waals surface area contributed by atoms with Gasteiger partial charge < -0.3 is 10.4 Å². The van der Waals surface area contributed by atoms with Gasteiger partial charge in [-0.05, 0) is 25.0 Å². The first kappa shape index (κ1) is 15.5. The molecule has 112 valence electrons. The van der Waals surface area contributed by atoms with Crippen LogP contribution in [0.3, 0.4) is 0 Å². The first-order valence-electron chi connectivity index (χ1n) is 6.73. The lowest BCUT2D eigenvalue weighted by Crippen LogP contribution is -2.15. The van der Waals surface area contributed by atoms with E-state index in [4.69, 9.17) is 16.7 Å². The number of aryl methyl sites for hydroxylation is 2. The van der Waals surface area contributed by atoms with Gasteiger partial charge in [0.1, 0.15) is 0 Å². The Labute approximate surface area is 127 Å². The number of halogens is 1. The van der Waals surface area contributed by atoms with Gasteiger partial charge in [-0.15, -0.1) is 5.10 Å². The van der Waals surface area contributed by atoms with Gasteiger partial charge in [0.15, 0.2) is 0 Å². The summed E-state index contributed by atoms with van der Waals surface area (Å²) in [5, 5.41) is 19.9. The molecule has 21 heavy (non-hydrogen) atoms. The standard InChI is InChI=1S/C14H17ClN4O2/c15-12-5-1-2-6-13(12)16-14(21)7-8-19-10-11(17-18-19)4-3-9-20/h1-2,5-6,10,20H,3-4,7-9H2,(H,16,21). The lowest BCUT2D eigenvalue weighted by molar-refractivity contribution is -0.116. The molecule has 0 fully saturated rings. The molecular formula is C14H17ClN4O2. The van der Waals surface area contributed by atoms with Gasteiger partial charge >= 0.3 is 0 Å². The third-order valence-corrected chi connectivity index (χ3v) is 3.22. The Balaban J connectivity index is 1.81. The van der Waals surface area contributed by atoms with Crippen molar-refractivity contribution >= 4 is 23.2 Å². The number of aliphatic hydroxyl groups is 1. The third kappa shape index (κ3) is 4.84. The number of benzene rings is 1. The van der Waals surface area contributed by atoms with E-state index in [1.54, 1.807) is 29.1 Å². The van der Waals surface area contributed by atoms with E-state index >= 15 is 0 Å². The summed E-state index contributed by atoms with van der Waals surface area (Å²) in [4.78, 5) is 11.9. The highest BCUT2D eigenvalue weighted by Gasteiger charge is 2.07. The molecule has 0 aliphatic carbocycles. The van der Waals surface area contributed by atoms with Crippen molar-refractivity contribution in [2.24, 2.45) is 0 Å². The summed E-state index contributed by atoms with van der Waals surface area (Å²) in [5.74, 6) is -0.129. The molecule has 2 N–H and O–H groups in total. The molecule has 0 aliphatic rings. The molecule has 2 aromatic rings. The highest BCUT2D eigenvalue weighted by Crippen LogP contribution is 2.20. The van der Waals surface area contributed by atoms with E-state index in [1.807, 2.05) is 6.07 Å². The Morgan fingerprint density at radius 2 is 2.19 bits per heavy atom. The van der Waals surface area contributed by atoms with Crippen molar-refractivity contribution in [3.8, 4) is 0 Å². The van der Waals surface area contributed by atoms with Crippen LogP contribution in [0.4, 0.5) is 5.69 Å². The average Bonchev–Trinajstić information content (AvgIpc) is 2.93. The first-order chi connectivity index (χ1) is 10.2. The zero-order valence-electron chi connectivity index (χ0n) is 11.5. The lowest BCUT2D eigenvalue weighted by Gasteiger charge is -2.06. The minimum absolute atomic E-state index is 0.129. The molecule has 6 nitrogen and oxygen atoms in total. The second kappa shape index (κ2) is 7.75. The lowest BCUT2D eigenvalue weighted by atomic mass is 10.2. The minimum atomic E-state index is -0.129. The Bertz CT molecular complexity index is 600. The van der Waals surface area contributed by atoms with Crippen molar-refractivity contribution < 1.29 is 9.90 Å². The average molecular weight is 309 g/mol. The molecule has 2 rings (SSSR count). The summed E-state index contributed by atoms with van der Waals surface area (Å²) in [6.07, 6.45) is 3.42. The van der Waals surface area contributed by atoms with Gasteiger partial charge in [0.25, 0.3) is 0 Å². The van der Waals surface area contributed by atoms with Crippen molar-refractivity contribution in [3.63, 3.8) is 0 Å². The normalized spacial score (nSPS) is 10.6. The molecular weight excluding hydrogens is 292 g/mol. The maximum absolute atomic E-state index is 11.9. The van der Waals surface area contributed by atoms with Crippen molar-refractivity contribution in [3.05, 3.63) is 41.2 Å². The fourth-order valence-electron chi connectivity index (χ4n) is 1.81. The zero-order valence-corrected chi connectivity index (χ0v) is 12.3. The maximum atomic E-state index is 11.9. The Morgan fingerprint density at radius 3 is 2.95 bits per heavy atom. The number of amides is 1. The second-order valence-corrected chi connectivity index (χ2v) is 4.99. The molecule has 0 saturated heterocycles. The van der Waals surface area contributed by atoms with Crippen LogP contribution in [0, 0.1) is 0 Å². The van der Waals surface area contributed by atoms with Gasteiger partial charge in [0.2, 0.25) is 5.91 Å². The van der Waals surface area contributed by atoms with Crippen LogP contribution in [-0.4, -0.2) is 32.6 Å². The number of aromatic nitrogens is 3. The number of hydrogen-bond donors (Lipinski definition) is 2. The predicted octanol–water partition coefficient (Wildman–Crippen LogP) is 1.89. The van der Waals surface area contributed by atoms with E-state index in [0.29, 0.717) is 30.1 Å². The van der Waals surface area contributed by atoms with E-state index in [2.05, 4.69) is 15.6 Å². The van der Waals surface area contributed by atoms with Crippen LogP contribution in [0.1, 0.15) is 18.5 Å². The monoisotopic (exact) mass is 308 g/mol. The summed E-state index contributed by atoms with van der Waals surface area (Å²) < 4.78 is 1.62. The van der Waals surface area contributed by atoms with Crippen molar-refractivity contribution in [1.29, 1.82) is 0 Å². The van der Waals surface area contributed by atoms with Crippen LogP contribution in [-0.2, 0) is 17.8 Å². The molecule has 1 aromatic carbocycles. The highest BCUT2D eigenvalue weighted by atomic mass is 35.5. The SMILES string of the molecule is O=C(CCn1cc(CCCO)nn1)Nc1ccccc1Cl. The largest absolute Gasteiger partial charge is 0.396 e. The topological polar surface area (TPSA) is 80.0 Å². The zero-order chi connectivity index (χ0) is 15.1. The van der Waals surface area contributed by atoms with Crippen LogP contribution in [0.2, 0.25) is 5.02 Å². The molecule has 1 amide bonds. The molecule has 0 atom stereocenters. The molecule has 7 heteroatoms. The molecule has 0 spiro atoms. The number of rotatable bonds is 7. The van der Waals surface area contributed by atoms with E-state index in [-0.39, 0.29) is 18.9 Å². The van der Waals surface area contributed by atoms with Crippen LogP contribution < -0.4 is 5.32 Å². The molecule has 0 radical (unpaired) electrons. The molecule has 0 aliphatic heterocycles. The van der Waals surface area contributed by atoms with Gasteiger partial charge in [-0.25, -0.2) is 0 Å². The number of para-hydroxylation sites is 1. The van der Waals surface area contributed by atoms with Crippen LogP contribution >= 0.6 is 11.6 Å². The van der Waals surface area contributed by atoms with Crippen molar-refractivity contribution in [1.82, 2.24) is 15.0 Å². The maximum Gasteiger partial charge on any atom is 0.226 e. The van der Waals surface area contributed by atoms with Crippen molar-refractivity contribution in [2.45, 2.75) is 25.8 Å². The summed E-state index contributed by atoms with van der Waals surface area (Å²) in [7, 11) is 0. The summed E-state index contributed by atoms with van der Waals surface area (Å²) in [6.45, 7) is 0.579. The Morgan fingerprint density at radius 1 is 1.38 bits per heavy atom. The van der Waals surface area contributed by atoms with Crippen LogP contribution in [0.25, 0.3) is 0 Å². The Hall–Kier alpha value is -1.92. The Kier molecular flexibility index (Phi) is 5.71. The van der Waals surface area contributed by atoms with E-state index in [0.717, 1.165) is 5.69 Å². The van der Waals surface area contributed by atoms with E-state index < -0.39 is 0 Å². The van der Waals surface area contributed by atoms with Crippen LogP contribution in [0.5, 0.6) is 0 Å². The number of anilines is 1.